The van der Waals surface area contributed by atoms with Gasteiger partial charge >= 0.3 is 5.97 Å². The number of aliphatic carboxylic acids is 1. The number of hydrogen-bond donors (Lipinski definition) is 3. The van der Waals surface area contributed by atoms with Gasteiger partial charge < -0.3 is 15.7 Å². The topological polar surface area (TPSA) is 95.5 Å². The minimum atomic E-state index is -0.933. The first-order valence-electron chi connectivity index (χ1n) is 4.71. The van der Waals surface area contributed by atoms with E-state index >= 15 is 0 Å². The number of nitrogens with one attached hydrogen (secondary N) is 2. The molecule has 0 spiro atoms. The van der Waals surface area contributed by atoms with E-state index in [2.05, 4.69) is 10.6 Å². The molecular formula is C9H16N2O4. The average molecular weight is 216 g/mol. The van der Waals surface area contributed by atoms with Gasteiger partial charge in [0.15, 0.2) is 0 Å². The van der Waals surface area contributed by atoms with E-state index in [-0.39, 0.29) is 24.9 Å². The molecule has 0 heterocycles. The summed E-state index contributed by atoms with van der Waals surface area (Å²) in [6.07, 6.45) is 0.454. The number of hydrogen-bond acceptors (Lipinski definition) is 3. The second kappa shape index (κ2) is 6.80. The Hall–Kier alpha value is -1.59. The smallest absolute Gasteiger partial charge is 0.308 e. The van der Waals surface area contributed by atoms with E-state index in [1.54, 1.807) is 6.92 Å². The lowest BCUT2D eigenvalue weighted by Crippen LogP contribution is -2.39. The van der Waals surface area contributed by atoms with Crippen LogP contribution in [0, 0.1) is 5.92 Å². The summed E-state index contributed by atoms with van der Waals surface area (Å²) in [6, 6.07) is 0. The highest BCUT2D eigenvalue weighted by molar-refractivity contribution is 5.83. The maximum Gasteiger partial charge on any atom is 0.308 e. The monoisotopic (exact) mass is 216 g/mol. The summed E-state index contributed by atoms with van der Waals surface area (Å²) in [5.41, 5.74) is 0. The van der Waals surface area contributed by atoms with Gasteiger partial charge in [-0.2, -0.15) is 0 Å². The van der Waals surface area contributed by atoms with Crippen molar-refractivity contribution in [2.45, 2.75) is 20.3 Å². The number of rotatable bonds is 6. The summed E-state index contributed by atoms with van der Waals surface area (Å²) in [5.74, 6) is -2.19. The van der Waals surface area contributed by atoms with Crippen LogP contribution in [0.3, 0.4) is 0 Å². The van der Waals surface area contributed by atoms with Gasteiger partial charge in [-0.25, -0.2) is 0 Å². The molecule has 0 aromatic carbocycles. The quantitative estimate of drug-likeness (QED) is 0.549. The Morgan fingerprint density at radius 2 is 1.87 bits per heavy atom. The molecule has 0 aliphatic carbocycles. The molecule has 1 unspecified atom stereocenters. The molecule has 0 aromatic rings. The van der Waals surface area contributed by atoms with E-state index in [1.165, 1.54) is 6.92 Å². The fourth-order valence-corrected chi connectivity index (χ4v) is 0.911. The van der Waals surface area contributed by atoms with Crippen LogP contribution < -0.4 is 10.6 Å². The largest absolute Gasteiger partial charge is 0.481 e. The van der Waals surface area contributed by atoms with Crippen LogP contribution >= 0.6 is 0 Å². The molecule has 0 rings (SSSR count). The number of carbonyl (C=O) groups is 3. The molecule has 0 radical (unpaired) electrons. The van der Waals surface area contributed by atoms with Gasteiger partial charge in [0.1, 0.15) is 0 Å². The lowest BCUT2D eigenvalue weighted by atomic mass is 10.1. The van der Waals surface area contributed by atoms with Crippen molar-refractivity contribution in [3.05, 3.63) is 0 Å². The van der Waals surface area contributed by atoms with Gasteiger partial charge in [-0.1, -0.05) is 6.92 Å². The fraction of sp³-hybridized carbons (Fsp3) is 0.667. The van der Waals surface area contributed by atoms with Crippen LogP contribution in [0.15, 0.2) is 0 Å². The van der Waals surface area contributed by atoms with Gasteiger partial charge in [-0.05, 0) is 6.42 Å². The summed E-state index contributed by atoms with van der Waals surface area (Å²) in [6.45, 7) is 3.01. The maximum atomic E-state index is 11.1. The van der Waals surface area contributed by atoms with Crippen molar-refractivity contribution in [1.82, 2.24) is 10.6 Å². The van der Waals surface area contributed by atoms with Crippen LogP contribution in [0.5, 0.6) is 0 Å². The first-order chi connectivity index (χ1) is 6.97. The summed E-state index contributed by atoms with van der Waals surface area (Å²) in [5, 5.41) is 13.4. The summed E-state index contributed by atoms with van der Waals surface area (Å²) in [7, 11) is 0. The minimum Gasteiger partial charge on any atom is -0.481 e. The minimum absolute atomic E-state index is 0.0876. The highest BCUT2D eigenvalue weighted by Gasteiger charge is 2.15. The number of carbonyl (C=O) groups excluding carboxylic acids is 2. The van der Waals surface area contributed by atoms with Crippen molar-refractivity contribution >= 4 is 17.8 Å². The molecule has 6 heteroatoms. The van der Waals surface area contributed by atoms with Gasteiger partial charge in [-0.15, -0.1) is 0 Å². The van der Waals surface area contributed by atoms with E-state index in [1.807, 2.05) is 0 Å². The number of carboxylic acid groups (broad SMARTS) is 1. The van der Waals surface area contributed by atoms with E-state index < -0.39 is 11.9 Å². The third-order valence-corrected chi connectivity index (χ3v) is 1.89. The van der Waals surface area contributed by atoms with Crippen molar-refractivity contribution in [3.63, 3.8) is 0 Å². The van der Waals surface area contributed by atoms with Gasteiger partial charge in [0.25, 0.3) is 0 Å². The molecule has 0 fully saturated rings. The summed E-state index contributed by atoms with van der Waals surface area (Å²) < 4.78 is 0. The average Bonchev–Trinajstić information content (AvgIpc) is 2.15. The Morgan fingerprint density at radius 3 is 2.27 bits per heavy atom. The predicted octanol–water partition coefficient (Wildman–Crippen LogP) is -0.650. The fourth-order valence-electron chi connectivity index (χ4n) is 0.911. The van der Waals surface area contributed by atoms with Crippen LogP contribution in [-0.2, 0) is 14.4 Å². The van der Waals surface area contributed by atoms with E-state index in [4.69, 9.17) is 5.11 Å². The molecular weight excluding hydrogens is 200 g/mol. The van der Waals surface area contributed by atoms with Crippen LogP contribution in [0.25, 0.3) is 0 Å². The van der Waals surface area contributed by atoms with E-state index in [0.717, 1.165) is 0 Å². The molecule has 0 aliphatic rings. The zero-order valence-corrected chi connectivity index (χ0v) is 8.87. The van der Waals surface area contributed by atoms with Crippen LogP contribution in [-0.4, -0.2) is 36.0 Å². The molecule has 0 aromatic heterocycles. The first kappa shape index (κ1) is 13.4. The van der Waals surface area contributed by atoms with Crippen molar-refractivity contribution in [2.75, 3.05) is 13.1 Å². The Bertz CT molecular complexity index is 252. The first-order valence-corrected chi connectivity index (χ1v) is 4.71. The summed E-state index contributed by atoms with van der Waals surface area (Å²) in [4.78, 5) is 32.1. The third-order valence-electron chi connectivity index (χ3n) is 1.89. The Balaban J connectivity index is 3.78. The SMILES string of the molecule is CCC(CNC(=O)CNC(C)=O)C(=O)O. The van der Waals surface area contributed by atoms with Crippen molar-refractivity contribution < 1.29 is 19.5 Å². The molecule has 0 aliphatic heterocycles. The van der Waals surface area contributed by atoms with Crippen molar-refractivity contribution in [2.24, 2.45) is 5.92 Å². The number of carboxylic acids is 1. The lowest BCUT2D eigenvalue weighted by molar-refractivity contribution is -0.141. The van der Waals surface area contributed by atoms with Crippen LogP contribution in [0.4, 0.5) is 0 Å². The highest BCUT2D eigenvalue weighted by Crippen LogP contribution is 1.99. The molecule has 0 saturated carbocycles. The summed E-state index contributed by atoms with van der Waals surface area (Å²) >= 11 is 0. The highest BCUT2D eigenvalue weighted by atomic mass is 16.4. The molecule has 1 atom stereocenters. The molecule has 6 nitrogen and oxygen atoms in total. The van der Waals surface area contributed by atoms with Crippen LogP contribution in [0.2, 0.25) is 0 Å². The predicted molar refractivity (Wildman–Crippen MR) is 53.1 cm³/mol. The zero-order chi connectivity index (χ0) is 11.8. The standard InChI is InChI=1S/C9H16N2O4/c1-3-7(9(14)15)4-11-8(13)5-10-6(2)12/h7H,3-5H2,1-2H3,(H,10,12)(H,11,13)(H,14,15). The molecule has 3 N–H and O–H groups in total. The Kier molecular flexibility index (Phi) is 6.08. The van der Waals surface area contributed by atoms with E-state index in [9.17, 15) is 14.4 Å². The Morgan fingerprint density at radius 1 is 1.27 bits per heavy atom. The second-order valence-electron chi connectivity index (χ2n) is 3.16. The molecule has 86 valence electrons. The van der Waals surface area contributed by atoms with Gasteiger partial charge in [0, 0.05) is 13.5 Å². The Labute approximate surface area is 88.0 Å². The second-order valence-corrected chi connectivity index (χ2v) is 3.16. The third kappa shape index (κ3) is 6.48. The van der Waals surface area contributed by atoms with E-state index in [0.29, 0.717) is 6.42 Å². The number of amides is 2. The van der Waals surface area contributed by atoms with Crippen molar-refractivity contribution in [1.29, 1.82) is 0 Å². The normalized spacial score (nSPS) is 11.6. The van der Waals surface area contributed by atoms with Crippen molar-refractivity contribution in [3.8, 4) is 0 Å². The van der Waals surface area contributed by atoms with Gasteiger partial charge in [0.05, 0.1) is 12.5 Å². The van der Waals surface area contributed by atoms with Gasteiger partial charge in [-0.3, -0.25) is 14.4 Å². The van der Waals surface area contributed by atoms with Gasteiger partial charge in [0.2, 0.25) is 11.8 Å². The maximum absolute atomic E-state index is 11.1. The van der Waals surface area contributed by atoms with Crippen LogP contribution in [0.1, 0.15) is 20.3 Å². The molecule has 2 amide bonds. The lowest BCUT2D eigenvalue weighted by Gasteiger charge is -2.10. The molecule has 0 saturated heterocycles. The zero-order valence-electron chi connectivity index (χ0n) is 8.87. The molecule has 15 heavy (non-hydrogen) atoms. The molecule has 0 bridgehead atoms.